The fraction of sp³-hybridized carbons (Fsp3) is 0.273. The lowest BCUT2D eigenvalue weighted by atomic mass is 9.90. The van der Waals surface area contributed by atoms with E-state index in [0.717, 1.165) is 19.3 Å². The first-order valence-electron chi connectivity index (χ1n) is 10.0. The number of halogens is 2. The van der Waals surface area contributed by atoms with Gasteiger partial charge in [-0.1, -0.05) is 53.5 Å². The molecule has 0 spiro atoms. The average Bonchev–Trinajstić information content (AvgIpc) is 2.77. The van der Waals surface area contributed by atoms with E-state index in [1.54, 1.807) is 18.2 Å². The third-order valence-electron chi connectivity index (χ3n) is 5.45. The molecule has 1 aliphatic rings. The van der Waals surface area contributed by atoms with Gasteiger partial charge >= 0.3 is 5.69 Å². The Morgan fingerprint density at radius 1 is 1.10 bits per heavy atom. The fourth-order valence-corrected chi connectivity index (χ4v) is 4.33. The summed E-state index contributed by atoms with van der Waals surface area (Å²) in [6, 6.07) is 15.3. The minimum Gasteiger partial charge on any atom is -0.351 e. The molecule has 160 valence electrons. The van der Waals surface area contributed by atoms with Crippen molar-refractivity contribution in [3.05, 3.63) is 80.6 Å². The van der Waals surface area contributed by atoms with Gasteiger partial charge in [-0.15, -0.1) is 0 Å². The number of hydrogen-bond donors (Lipinski definition) is 1. The van der Waals surface area contributed by atoms with Gasteiger partial charge in [-0.25, -0.2) is 9.97 Å². The number of anilines is 3. The fourth-order valence-electron chi connectivity index (χ4n) is 3.88. The molecule has 0 bridgehead atoms. The zero-order chi connectivity index (χ0) is 21.8. The van der Waals surface area contributed by atoms with E-state index in [0.29, 0.717) is 40.6 Å². The highest BCUT2D eigenvalue weighted by atomic mass is 35.5. The Labute approximate surface area is 190 Å². The molecule has 0 amide bonds. The lowest BCUT2D eigenvalue weighted by molar-refractivity contribution is -0.383. The largest absolute Gasteiger partial charge is 0.353 e. The van der Waals surface area contributed by atoms with Gasteiger partial charge in [0.2, 0.25) is 11.6 Å². The number of rotatable bonds is 6. The van der Waals surface area contributed by atoms with Crippen LogP contribution in [0.1, 0.15) is 18.4 Å². The van der Waals surface area contributed by atoms with Crippen LogP contribution in [0, 0.1) is 16.0 Å². The maximum atomic E-state index is 11.9. The maximum absolute atomic E-state index is 11.9. The molecule has 2 heterocycles. The predicted molar refractivity (Wildman–Crippen MR) is 124 cm³/mol. The van der Waals surface area contributed by atoms with Crippen molar-refractivity contribution in [2.45, 2.75) is 19.3 Å². The van der Waals surface area contributed by atoms with Gasteiger partial charge in [0.15, 0.2) is 0 Å². The molecular formula is C22H21Cl2N5O2. The molecular weight excluding hydrogens is 437 g/mol. The molecule has 1 fully saturated rings. The Morgan fingerprint density at radius 3 is 2.52 bits per heavy atom. The molecule has 2 aromatic carbocycles. The van der Waals surface area contributed by atoms with Gasteiger partial charge < -0.3 is 10.2 Å². The summed E-state index contributed by atoms with van der Waals surface area (Å²) < 4.78 is 0. The van der Waals surface area contributed by atoms with Gasteiger partial charge in [0.1, 0.15) is 6.33 Å². The SMILES string of the molecule is O=[N+]([O-])c1c(Nc2ccc(Cl)cc2Cl)ncnc1N1CCC(Cc2ccccc2)CC1. The summed E-state index contributed by atoms with van der Waals surface area (Å²) in [5, 5.41) is 15.7. The number of aromatic nitrogens is 2. The Balaban J connectivity index is 1.52. The molecule has 1 N–H and O–H groups in total. The van der Waals surface area contributed by atoms with Crippen LogP contribution in [0.25, 0.3) is 0 Å². The van der Waals surface area contributed by atoms with Crippen LogP contribution in [-0.2, 0) is 6.42 Å². The van der Waals surface area contributed by atoms with Crippen molar-refractivity contribution in [2.24, 2.45) is 5.92 Å². The highest BCUT2D eigenvalue weighted by molar-refractivity contribution is 6.36. The van der Waals surface area contributed by atoms with Gasteiger partial charge in [-0.2, -0.15) is 0 Å². The zero-order valence-corrected chi connectivity index (χ0v) is 18.2. The van der Waals surface area contributed by atoms with Crippen molar-refractivity contribution in [1.82, 2.24) is 9.97 Å². The summed E-state index contributed by atoms with van der Waals surface area (Å²) in [4.78, 5) is 21.8. The van der Waals surface area contributed by atoms with Crippen LogP contribution in [0.15, 0.2) is 54.9 Å². The van der Waals surface area contributed by atoms with Crippen molar-refractivity contribution in [2.75, 3.05) is 23.3 Å². The third kappa shape index (κ3) is 5.06. The van der Waals surface area contributed by atoms with Crippen LogP contribution in [0.3, 0.4) is 0 Å². The van der Waals surface area contributed by atoms with Crippen LogP contribution in [0.4, 0.5) is 23.0 Å². The Bertz CT molecular complexity index is 1070. The molecule has 3 aromatic rings. The number of piperidine rings is 1. The summed E-state index contributed by atoms with van der Waals surface area (Å²) in [5.41, 5.74) is 1.65. The Hall–Kier alpha value is -2.90. The molecule has 0 atom stereocenters. The van der Waals surface area contributed by atoms with Gasteiger partial charge in [0, 0.05) is 18.1 Å². The summed E-state index contributed by atoms with van der Waals surface area (Å²) in [6.07, 6.45) is 4.25. The maximum Gasteiger partial charge on any atom is 0.353 e. The molecule has 1 aromatic heterocycles. The van der Waals surface area contributed by atoms with Crippen molar-refractivity contribution in [3.8, 4) is 0 Å². The molecule has 0 unspecified atom stereocenters. The second-order valence-corrected chi connectivity index (χ2v) is 8.36. The van der Waals surface area contributed by atoms with Gasteiger partial charge in [-0.3, -0.25) is 10.1 Å². The number of nitro groups is 1. The van der Waals surface area contributed by atoms with E-state index in [9.17, 15) is 10.1 Å². The Morgan fingerprint density at radius 2 is 1.84 bits per heavy atom. The average molecular weight is 458 g/mol. The first-order chi connectivity index (χ1) is 15.0. The lowest BCUT2D eigenvalue weighted by Gasteiger charge is -2.32. The van der Waals surface area contributed by atoms with E-state index in [2.05, 4.69) is 39.6 Å². The second kappa shape index (κ2) is 9.49. The molecule has 7 nitrogen and oxygen atoms in total. The van der Waals surface area contributed by atoms with Crippen LogP contribution in [0.2, 0.25) is 10.0 Å². The number of nitrogens with one attached hydrogen (secondary N) is 1. The summed E-state index contributed by atoms with van der Waals surface area (Å²) in [5.74, 6) is 0.974. The highest BCUT2D eigenvalue weighted by Crippen LogP contribution is 2.37. The molecule has 4 rings (SSSR count). The van der Waals surface area contributed by atoms with Gasteiger partial charge in [0.05, 0.1) is 15.6 Å². The van der Waals surface area contributed by atoms with Crippen molar-refractivity contribution < 1.29 is 4.92 Å². The van der Waals surface area contributed by atoms with E-state index in [4.69, 9.17) is 23.2 Å². The van der Waals surface area contributed by atoms with E-state index >= 15 is 0 Å². The minimum absolute atomic E-state index is 0.102. The molecule has 0 saturated carbocycles. The molecule has 0 aliphatic carbocycles. The van der Waals surface area contributed by atoms with Gasteiger partial charge in [-0.05, 0) is 48.9 Å². The van der Waals surface area contributed by atoms with Crippen LogP contribution >= 0.6 is 23.2 Å². The molecule has 9 heteroatoms. The topological polar surface area (TPSA) is 84.2 Å². The minimum atomic E-state index is -0.447. The predicted octanol–water partition coefficient (Wildman–Crippen LogP) is 5.89. The van der Waals surface area contributed by atoms with Crippen LogP contribution in [-0.4, -0.2) is 28.0 Å². The van der Waals surface area contributed by atoms with Gasteiger partial charge in [0.25, 0.3) is 0 Å². The van der Waals surface area contributed by atoms with Crippen molar-refractivity contribution in [3.63, 3.8) is 0 Å². The normalized spacial score (nSPS) is 14.5. The first kappa shape index (κ1) is 21.3. The molecule has 0 radical (unpaired) electrons. The van der Waals surface area contributed by atoms with Crippen LogP contribution in [0.5, 0.6) is 0 Å². The molecule has 31 heavy (non-hydrogen) atoms. The summed E-state index contributed by atoms with van der Waals surface area (Å²) in [6.45, 7) is 1.41. The van der Waals surface area contributed by atoms with Crippen LogP contribution < -0.4 is 10.2 Å². The zero-order valence-electron chi connectivity index (χ0n) is 16.7. The quantitative estimate of drug-likeness (QED) is 0.366. The third-order valence-corrected chi connectivity index (χ3v) is 6.00. The summed E-state index contributed by atoms with van der Waals surface area (Å²) >= 11 is 12.2. The second-order valence-electron chi connectivity index (χ2n) is 7.52. The van der Waals surface area contributed by atoms with E-state index in [1.165, 1.54) is 11.9 Å². The van der Waals surface area contributed by atoms with E-state index < -0.39 is 4.92 Å². The van der Waals surface area contributed by atoms with E-state index in [-0.39, 0.29) is 11.5 Å². The Kier molecular flexibility index (Phi) is 6.53. The van der Waals surface area contributed by atoms with E-state index in [1.807, 2.05) is 11.0 Å². The van der Waals surface area contributed by atoms with Crippen molar-refractivity contribution >= 4 is 46.2 Å². The summed E-state index contributed by atoms with van der Waals surface area (Å²) in [7, 11) is 0. The highest BCUT2D eigenvalue weighted by Gasteiger charge is 2.30. The smallest absolute Gasteiger partial charge is 0.351 e. The standard InChI is InChI=1S/C22H21Cl2N5O2/c23-17-6-7-19(18(24)13-17)27-21-20(29(30)31)22(26-14-25-21)28-10-8-16(9-11-28)12-15-4-2-1-3-5-15/h1-7,13-14,16H,8-12H2,(H,25,26,27). The van der Waals surface area contributed by atoms with Crippen molar-refractivity contribution in [1.29, 1.82) is 0 Å². The number of benzene rings is 2. The number of nitrogens with zero attached hydrogens (tertiary/aromatic N) is 4. The monoisotopic (exact) mass is 457 g/mol. The lowest BCUT2D eigenvalue weighted by Crippen LogP contribution is -2.35. The molecule has 1 saturated heterocycles. The number of hydrogen-bond acceptors (Lipinski definition) is 6. The first-order valence-corrected chi connectivity index (χ1v) is 10.8. The molecule has 1 aliphatic heterocycles.